The molecule has 0 aliphatic carbocycles. The lowest BCUT2D eigenvalue weighted by atomic mass is 10.1. The first-order chi connectivity index (χ1) is 15.3. The molecule has 1 saturated heterocycles. The van der Waals surface area contributed by atoms with E-state index in [0.29, 0.717) is 11.4 Å². The third-order valence-corrected chi connectivity index (χ3v) is 6.34. The smallest absolute Gasteiger partial charge is 0.270 e. The largest absolute Gasteiger partial charge is 0.322 e. The Hall–Kier alpha value is -3.65. The Labute approximate surface area is 189 Å². The summed E-state index contributed by atoms with van der Waals surface area (Å²) in [5, 5.41) is 13.5. The van der Waals surface area contributed by atoms with Crippen LogP contribution in [0.25, 0.3) is 0 Å². The standard InChI is InChI=1S/C24H21N3O4S/c1-15-10-16(2)12-21(11-15)26-22(28)14-32-24(26)17-6-8-19(9-7-17)25-23(29)18-4-3-5-20(13-18)27(30)31/h3-13,24H,14H2,1-2H3,(H,25,29)/t24-/m0/s1. The second-order valence-corrected chi connectivity index (χ2v) is 8.73. The summed E-state index contributed by atoms with van der Waals surface area (Å²) in [6, 6.07) is 19.0. The first kappa shape index (κ1) is 21.6. The monoisotopic (exact) mass is 447 g/mol. The molecule has 0 saturated carbocycles. The van der Waals surface area contributed by atoms with Gasteiger partial charge in [0.1, 0.15) is 5.37 Å². The molecule has 2 amide bonds. The van der Waals surface area contributed by atoms with E-state index in [1.807, 2.05) is 43.0 Å². The number of nitrogens with zero attached hydrogens (tertiary/aromatic N) is 2. The van der Waals surface area contributed by atoms with Gasteiger partial charge in [-0.3, -0.25) is 24.6 Å². The molecule has 1 aliphatic heterocycles. The molecule has 0 radical (unpaired) electrons. The fourth-order valence-electron chi connectivity index (χ4n) is 3.73. The summed E-state index contributed by atoms with van der Waals surface area (Å²) in [6.07, 6.45) is 0. The van der Waals surface area contributed by atoms with E-state index in [1.165, 1.54) is 24.3 Å². The first-order valence-electron chi connectivity index (χ1n) is 9.99. The maximum Gasteiger partial charge on any atom is 0.270 e. The number of hydrogen-bond donors (Lipinski definition) is 1. The number of nitro groups is 1. The molecule has 7 nitrogen and oxygen atoms in total. The SMILES string of the molecule is Cc1cc(C)cc(N2C(=O)CS[C@H]2c2ccc(NC(=O)c3cccc([N+](=O)[O-])c3)cc2)c1. The number of nitro benzene ring substituents is 1. The molecule has 32 heavy (non-hydrogen) atoms. The molecular formula is C24H21N3O4S. The first-order valence-corrected chi connectivity index (χ1v) is 11.0. The van der Waals surface area contributed by atoms with Crippen molar-refractivity contribution in [3.8, 4) is 0 Å². The molecule has 0 unspecified atom stereocenters. The number of non-ortho nitro benzene ring substituents is 1. The fraction of sp³-hybridized carbons (Fsp3) is 0.167. The van der Waals surface area contributed by atoms with Gasteiger partial charge in [-0.15, -0.1) is 11.8 Å². The van der Waals surface area contributed by atoms with Gasteiger partial charge in [0, 0.05) is 29.1 Å². The topological polar surface area (TPSA) is 92.6 Å². The highest BCUT2D eigenvalue weighted by Gasteiger charge is 2.34. The lowest BCUT2D eigenvalue weighted by molar-refractivity contribution is -0.384. The van der Waals surface area contributed by atoms with Crippen LogP contribution in [-0.2, 0) is 4.79 Å². The van der Waals surface area contributed by atoms with E-state index in [4.69, 9.17) is 0 Å². The zero-order valence-corrected chi connectivity index (χ0v) is 18.4. The molecule has 0 spiro atoms. The van der Waals surface area contributed by atoms with Crippen LogP contribution < -0.4 is 10.2 Å². The maximum absolute atomic E-state index is 12.6. The maximum atomic E-state index is 12.6. The average Bonchev–Trinajstić information content (AvgIpc) is 3.15. The van der Waals surface area contributed by atoms with Crippen molar-refractivity contribution in [3.63, 3.8) is 0 Å². The quantitative estimate of drug-likeness (QED) is 0.426. The molecule has 0 aromatic heterocycles. The van der Waals surface area contributed by atoms with Crippen molar-refractivity contribution in [1.29, 1.82) is 0 Å². The van der Waals surface area contributed by atoms with Crippen LogP contribution >= 0.6 is 11.8 Å². The summed E-state index contributed by atoms with van der Waals surface area (Å²) in [7, 11) is 0. The van der Waals surface area contributed by atoms with Crippen molar-refractivity contribution in [2.45, 2.75) is 19.2 Å². The van der Waals surface area contributed by atoms with Crippen LogP contribution in [0.5, 0.6) is 0 Å². The summed E-state index contributed by atoms with van der Waals surface area (Å²) in [5.74, 6) is 0.0416. The normalized spacial score (nSPS) is 15.6. The number of carbonyl (C=O) groups excluding carboxylic acids is 2. The van der Waals surface area contributed by atoms with Crippen LogP contribution in [0.15, 0.2) is 66.7 Å². The predicted octanol–water partition coefficient (Wildman–Crippen LogP) is 5.24. The Bertz CT molecular complexity index is 1190. The molecular weight excluding hydrogens is 426 g/mol. The van der Waals surface area contributed by atoms with E-state index in [1.54, 1.807) is 23.9 Å². The highest BCUT2D eigenvalue weighted by atomic mass is 32.2. The van der Waals surface area contributed by atoms with Crippen LogP contribution in [0, 0.1) is 24.0 Å². The molecule has 162 valence electrons. The number of amides is 2. The zero-order valence-electron chi connectivity index (χ0n) is 17.6. The second kappa shape index (κ2) is 8.84. The summed E-state index contributed by atoms with van der Waals surface area (Å²) >= 11 is 1.56. The van der Waals surface area contributed by atoms with Gasteiger partial charge in [0.05, 0.1) is 10.7 Å². The summed E-state index contributed by atoms with van der Waals surface area (Å²) in [6.45, 7) is 4.02. The van der Waals surface area contributed by atoms with Gasteiger partial charge in [-0.05, 0) is 60.9 Å². The van der Waals surface area contributed by atoms with E-state index in [0.717, 1.165) is 22.4 Å². The molecule has 3 aromatic rings. The Kier molecular flexibility index (Phi) is 5.96. The van der Waals surface area contributed by atoms with Gasteiger partial charge in [-0.1, -0.05) is 24.3 Å². The molecule has 1 fully saturated rings. The van der Waals surface area contributed by atoms with E-state index in [9.17, 15) is 19.7 Å². The van der Waals surface area contributed by atoms with E-state index >= 15 is 0 Å². The summed E-state index contributed by atoms with van der Waals surface area (Å²) in [4.78, 5) is 37.3. The number of hydrogen-bond acceptors (Lipinski definition) is 5. The van der Waals surface area contributed by atoms with Crippen molar-refractivity contribution >= 4 is 40.6 Å². The highest BCUT2D eigenvalue weighted by molar-refractivity contribution is 8.00. The Morgan fingerprint density at radius 3 is 2.41 bits per heavy atom. The minimum absolute atomic E-state index is 0.0630. The third-order valence-electron chi connectivity index (χ3n) is 5.13. The summed E-state index contributed by atoms with van der Waals surface area (Å²) < 4.78 is 0. The number of aryl methyl sites for hydroxylation is 2. The van der Waals surface area contributed by atoms with Crippen LogP contribution in [0.1, 0.15) is 32.4 Å². The molecule has 3 aromatic carbocycles. The minimum atomic E-state index is -0.534. The van der Waals surface area contributed by atoms with Gasteiger partial charge in [-0.25, -0.2) is 0 Å². The molecule has 4 rings (SSSR count). The highest BCUT2D eigenvalue weighted by Crippen LogP contribution is 2.42. The van der Waals surface area contributed by atoms with E-state index in [2.05, 4.69) is 11.4 Å². The minimum Gasteiger partial charge on any atom is -0.322 e. The molecule has 1 N–H and O–H groups in total. The number of benzene rings is 3. The van der Waals surface area contributed by atoms with Gasteiger partial charge in [0.2, 0.25) is 5.91 Å². The molecule has 8 heteroatoms. The number of carbonyl (C=O) groups is 2. The van der Waals surface area contributed by atoms with Crippen LogP contribution in [0.3, 0.4) is 0 Å². The molecule has 1 aliphatic rings. The van der Waals surface area contributed by atoms with Gasteiger partial charge >= 0.3 is 0 Å². The number of nitrogens with one attached hydrogen (secondary N) is 1. The van der Waals surface area contributed by atoms with Crippen molar-refractivity contribution < 1.29 is 14.5 Å². The van der Waals surface area contributed by atoms with Crippen molar-refractivity contribution in [2.75, 3.05) is 16.0 Å². The zero-order chi connectivity index (χ0) is 22.8. The van der Waals surface area contributed by atoms with E-state index < -0.39 is 10.8 Å². The van der Waals surface area contributed by atoms with Gasteiger partial charge < -0.3 is 5.32 Å². The lowest BCUT2D eigenvalue weighted by Gasteiger charge is -2.25. The third kappa shape index (κ3) is 4.50. The average molecular weight is 448 g/mol. The van der Waals surface area contributed by atoms with Gasteiger partial charge in [0.25, 0.3) is 11.6 Å². The number of rotatable bonds is 5. The van der Waals surface area contributed by atoms with Crippen molar-refractivity contribution in [1.82, 2.24) is 0 Å². The second-order valence-electron chi connectivity index (χ2n) is 7.66. The predicted molar refractivity (Wildman–Crippen MR) is 126 cm³/mol. The van der Waals surface area contributed by atoms with Crippen LogP contribution in [0.4, 0.5) is 17.1 Å². The van der Waals surface area contributed by atoms with Crippen LogP contribution in [0.2, 0.25) is 0 Å². The molecule has 1 heterocycles. The Balaban J connectivity index is 1.53. The van der Waals surface area contributed by atoms with Crippen molar-refractivity contribution in [2.24, 2.45) is 0 Å². The Morgan fingerprint density at radius 1 is 1.06 bits per heavy atom. The Morgan fingerprint density at radius 2 is 1.75 bits per heavy atom. The van der Waals surface area contributed by atoms with Gasteiger partial charge in [-0.2, -0.15) is 0 Å². The number of thioether (sulfide) groups is 1. The van der Waals surface area contributed by atoms with E-state index in [-0.39, 0.29) is 22.5 Å². The van der Waals surface area contributed by atoms with Gasteiger partial charge in [0.15, 0.2) is 0 Å². The number of anilines is 2. The van der Waals surface area contributed by atoms with Crippen molar-refractivity contribution in [3.05, 3.63) is 99.1 Å². The lowest BCUT2D eigenvalue weighted by Crippen LogP contribution is -2.28. The molecule has 1 atom stereocenters. The van der Waals surface area contributed by atoms with Crippen LogP contribution in [-0.4, -0.2) is 22.5 Å². The fourth-order valence-corrected chi connectivity index (χ4v) is 4.91. The summed E-state index contributed by atoms with van der Waals surface area (Å²) in [5.41, 5.74) is 4.67. The molecule has 0 bridgehead atoms.